The number of esters is 2. The zero-order chi connectivity index (χ0) is 51.8. The zero-order valence-electron chi connectivity index (χ0n) is 38.5. The lowest BCUT2D eigenvalue weighted by Crippen LogP contribution is -2.49. The first kappa shape index (κ1) is 56.3. The number of thiophene rings is 2. The Balaban J connectivity index is 0.000000367. The third-order valence-electron chi connectivity index (χ3n) is 11.6. The van der Waals surface area contributed by atoms with Crippen LogP contribution in [0.2, 0.25) is 0 Å². The van der Waals surface area contributed by atoms with Gasteiger partial charge in [0.25, 0.3) is 0 Å². The predicted octanol–water partition coefficient (Wildman–Crippen LogP) is 6.89. The highest BCUT2D eigenvalue weighted by molar-refractivity contribution is 7.14. The molecule has 0 unspecified atom stereocenters. The van der Waals surface area contributed by atoms with Gasteiger partial charge in [-0.2, -0.15) is 0 Å². The topological polar surface area (TPSA) is 322 Å². The fourth-order valence-electron chi connectivity index (χ4n) is 6.92. The van der Waals surface area contributed by atoms with Crippen molar-refractivity contribution < 1.29 is 67.1 Å². The molecule has 372 valence electrons. The van der Waals surface area contributed by atoms with Crippen molar-refractivity contribution in [2.24, 2.45) is 22.3 Å². The summed E-state index contributed by atoms with van der Waals surface area (Å²) in [5.41, 5.74) is 9.15. The summed E-state index contributed by atoms with van der Waals surface area (Å²) in [6.45, 7) is 8.98. The number of nitrogen functional groups attached to an aromatic ring is 2. The molecule has 22 heteroatoms. The van der Waals surface area contributed by atoms with E-state index in [1.807, 2.05) is 13.8 Å². The van der Waals surface area contributed by atoms with Crippen LogP contribution in [-0.4, -0.2) is 80.7 Å². The second-order valence-corrected chi connectivity index (χ2v) is 18.2. The fraction of sp³-hybridized carbons (Fsp3) is 0.383. The highest BCUT2D eigenvalue weighted by atomic mass is 32.1. The van der Waals surface area contributed by atoms with Gasteiger partial charge in [0.15, 0.2) is 23.1 Å². The number of amidine groups is 2. The maximum absolute atomic E-state index is 14.2. The Kier molecular flexibility index (Phi) is 20.7. The van der Waals surface area contributed by atoms with Gasteiger partial charge in [0.1, 0.15) is 33.5 Å². The van der Waals surface area contributed by atoms with Crippen LogP contribution >= 0.6 is 22.7 Å². The van der Waals surface area contributed by atoms with Crippen molar-refractivity contribution in [3.63, 3.8) is 0 Å². The standard InChI is InChI=1S/C24H28FN3O7S.C23H28FN3O5S/c1-3-24(4-2,23(34)28-16(21(31)32)7-10-19(29)30)12-14-6-9-18(36-14)22(33)35-17-8-5-13(20(26)27)11-15(17)25;1-4-16(20(28)29)27-22(31)23(5-2,6-3)12-14-8-10-18(33-14)21(30)32-17-9-7-13(19(25)26)11-15(17)24/h5-6,8-9,11,16H,3-4,7,10,12H2,1-2H3,(H3,26,27)(H,28,34)(H,29,30)(H,31,32);7-11,16H,4-6,12H2,1-3H3,(H3,25,26)(H,27,31)(H,28,29)/t2*16-/m00/s1. The molecule has 0 aliphatic carbocycles. The van der Waals surface area contributed by atoms with E-state index >= 15 is 0 Å². The highest BCUT2D eigenvalue weighted by Gasteiger charge is 2.39. The number of hydrogen-bond donors (Lipinski definition) is 9. The zero-order valence-corrected chi connectivity index (χ0v) is 40.2. The first-order chi connectivity index (χ1) is 32.5. The number of carboxylic acid groups (broad SMARTS) is 3. The molecule has 2 amide bonds. The Bertz CT molecular complexity index is 2550. The predicted molar refractivity (Wildman–Crippen MR) is 253 cm³/mol. The molecule has 0 bridgehead atoms. The normalized spacial score (nSPS) is 12.0. The van der Waals surface area contributed by atoms with E-state index in [1.165, 1.54) is 30.3 Å². The molecule has 0 saturated carbocycles. The number of carbonyl (C=O) groups is 7. The lowest BCUT2D eigenvalue weighted by Gasteiger charge is -2.31. The minimum absolute atomic E-state index is 0.146. The van der Waals surface area contributed by atoms with Crippen LogP contribution in [0.1, 0.15) is 120 Å². The van der Waals surface area contributed by atoms with Crippen LogP contribution in [0, 0.1) is 33.3 Å². The van der Waals surface area contributed by atoms with E-state index in [9.17, 15) is 52.6 Å². The van der Waals surface area contributed by atoms with Gasteiger partial charge in [-0.15, -0.1) is 22.7 Å². The number of benzene rings is 2. The summed E-state index contributed by atoms with van der Waals surface area (Å²) in [5.74, 6) is -8.89. The Labute approximate surface area is 404 Å². The molecule has 11 N–H and O–H groups in total. The quantitative estimate of drug-likeness (QED) is 0.0149. The van der Waals surface area contributed by atoms with Crippen molar-refractivity contribution >= 4 is 76.0 Å². The molecular weight excluding hydrogens is 943 g/mol. The monoisotopic (exact) mass is 998 g/mol. The molecule has 0 aliphatic rings. The summed E-state index contributed by atoms with van der Waals surface area (Å²) < 4.78 is 38.7. The Hall–Kier alpha value is -7.07. The number of nitrogens with two attached hydrogens (primary N) is 2. The third-order valence-corrected chi connectivity index (χ3v) is 13.7. The molecule has 2 aromatic carbocycles. The van der Waals surface area contributed by atoms with E-state index in [2.05, 4.69) is 10.6 Å². The van der Waals surface area contributed by atoms with Crippen LogP contribution in [0.15, 0.2) is 60.7 Å². The van der Waals surface area contributed by atoms with Gasteiger partial charge in [-0.25, -0.2) is 28.0 Å². The van der Waals surface area contributed by atoms with E-state index in [-0.39, 0.29) is 69.2 Å². The summed E-state index contributed by atoms with van der Waals surface area (Å²) in [7, 11) is 0. The van der Waals surface area contributed by atoms with Crippen molar-refractivity contribution in [2.75, 3.05) is 0 Å². The number of carboxylic acids is 3. The van der Waals surface area contributed by atoms with Crippen LogP contribution in [0.25, 0.3) is 0 Å². The van der Waals surface area contributed by atoms with Crippen LogP contribution in [-0.2, 0) is 36.8 Å². The average Bonchev–Trinajstić information content (AvgIpc) is 3.99. The van der Waals surface area contributed by atoms with E-state index in [4.69, 9.17) is 36.9 Å². The second kappa shape index (κ2) is 25.3. The maximum atomic E-state index is 14.2. The molecule has 0 aliphatic heterocycles. The number of aliphatic carboxylic acids is 3. The number of carbonyl (C=O) groups excluding carboxylic acids is 4. The van der Waals surface area contributed by atoms with Crippen molar-refractivity contribution in [3.8, 4) is 11.5 Å². The van der Waals surface area contributed by atoms with Crippen molar-refractivity contribution in [2.45, 2.75) is 104 Å². The largest absolute Gasteiger partial charge is 0.481 e. The van der Waals surface area contributed by atoms with Gasteiger partial charge in [-0.3, -0.25) is 25.2 Å². The Morgan fingerprint density at radius 2 is 1.00 bits per heavy atom. The van der Waals surface area contributed by atoms with Crippen LogP contribution < -0.4 is 31.6 Å². The Morgan fingerprint density at radius 3 is 1.30 bits per heavy atom. The summed E-state index contributed by atoms with van der Waals surface area (Å²) in [6.07, 6.45) is 1.84. The van der Waals surface area contributed by atoms with Crippen LogP contribution in [0.5, 0.6) is 11.5 Å². The van der Waals surface area contributed by atoms with Gasteiger partial charge in [0.05, 0.1) is 10.8 Å². The van der Waals surface area contributed by atoms with Crippen molar-refractivity contribution in [1.82, 2.24) is 10.6 Å². The number of hydrogen-bond acceptors (Lipinski definition) is 13. The lowest BCUT2D eigenvalue weighted by molar-refractivity contribution is -0.145. The summed E-state index contributed by atoms with van der Waals surface area (Å²) in [6, 6.07) is 11.2. The first-order valence-corrected chi connectivity index (χ1v) is 23.3. The third kappa shape index (κ3) is 15.2. The molecule has 2 aromatic heterocycles. The number of rotatable bonds is 24. The molecule has 0 spiro atoms. The van der Waals surface area contributed by atoms with E-state index in [0.717, 1.165) is 39.7 Å². The van der Waals surface area contributed by atoms with Gasteiger partial charge >= 0.3 is 29.8 Å². The van der Waals surface area contributed by atoms with Gasteiger partial charge < -0.3 is 46.9 Å². The SMILES string of the molecule is CCC(CC)(Cc1ccc(C(=O)Oc2ccc(C(=N)N)cc2F)s1)C(=O)N[C@@H](CCC(=O)O)C(=O)O.CC[C@H](NC(=O)C(CC)(CC)Cc1ccc(C(=O)Oc2ccc(C(=N)N)cc2F)s1)C(=O)O. The van der Waals surface area contributed by atoms with E-state index in [1.54, 1.807) is 39.0 Å². The molecule has 2 heterocycles. The molecule has 0 saturated heterocycles. The smallest absolute Gasteiger partial charge is 0.353 e. The number of halogens is 2. The molecule has 0 radical (unpaired) electrons. The van der Waals surface area contributed by atoms with Gasteiger partial charge in [-0.1, -0.05) is 34.6 Å². The summed E-state index contributed by atoms with van der Waals surface area (Å²) in [4.78, 5) is 86.6. The fourth-order valence-corrected chi connectivity index (χ4v) is 8.98. The summed E-state index contributed by atoms with van der Waals surface area (Å²) >= 11 is 2.20. The highest BCUT2D eigenvalue weighted by Crippen LogP contribution is 2.36. The minimum Gasteiger partial charge on any atom is -0.481 e. The van der Waals surface area contributed by atoms with Crippen LogP contribution in [0.3, 0.4) is 0 Å². The van der Waals surface area contributed by atoms with E-state index in [0.29, 0.717) is 37.0 Å². The average molecular weight is 999 g/mol. The van der Waals surface area contributed by atoms with Gasteiger partial charge in [0, 0.05) is 27.3 Å². The Morgan fingerprint density at radius 1 is 0.623 bits per heavy atom. The minimum atomic E-state index is -1.34. The first-order valence-electron chi connectivity index (χ1n) is 21.7. The second-order valence-electron chi connectivity index (χ2n) is 15.8. The van der Waals surface area contributed by atoms with E-state index < -0.39 is 76.7 Å². The lowest BCUT2D eigenvalue weighted by atomic mass is 9.77. The molecule has 69 heavy (non-hydrogen) atoms. The van der Waals surface area contributed by atoms with Crippen molar-refractivity contribution in [3.05, 3.63) is 103 Å². The van der Waals surface area contributed by atoms with Gasteiger partial charge in [-0.05, 0) is 112 Å². The molecule has 0 fully saturated rings. The number of amides is 2. The number of nitrogens with one attached hydrogen (secondary N) is 4. The molecule has 2 atom stereocenters. The molecular formula is C47H56F2N6O12S2. The van der Waals surface area contributed by atoms with Gasteiger partial charge in [0.2, 0.25) is 11.8 Å². The van der Waals surface area contributed by atoms with Crippen LogP contribution in [0.4, 0.5) is 8.78 Å². The molecule has 4 aromatic rings. The summed E-state index contributed by atoms with van der Waals surface area (Å²) in [5, 5.41) is 47.2. The molecule has 4 rings (SSSR count). The molecule has 18 nitrogen and oxygen atoms in total. The maximum Gasteiger partial charge on any atom is 0.353 e. The van der Waals surface area contributed by atoms with Crippen molar-refractivity contribution in [1.29, 1.82) is 10.8 Å². The number of ether oxygens (including phenoxy) is 2.